The standard InChI is InChI=1S/C25H26N6O4/c26-24(27)18-5-3-16(4-6-18)12-30-23(19-7-8-20-21(10-19)35-15-34-20)25(33)31-14-22(32)29-13-17-2-1-9-28-11-17/h1-11,23,30H,12-15H2,(H3,26,27)(H,29,32)(H,31,33). The van der Waals surface area contributed by atoms with E-state index in [9.17, 15) is 9.59 Å². The van der Waals surface area contributed by atoms with Crippen molar-refractivity contribution in [2.45, 2.75) is 19.1 Å². The van der Waals surface area contributed by atoms with Gasteiger partial charge in [-0.15, -0.1) is 0 Å². The fourth-order valence-electron chi connectivity index (χ4n) is 3.51. The van der Waals surface area contributed by atoms with Crippen LogP contribution in [0.25, 0.3) is 0 Å². The molecule has 2 amide bonds. The van der Waals surface area contributed by atoms with E-state index in [1.165, 1.54) is 0 Å². The highest BCUT2D eigenvalue weighted by Gasteiger charge is 2.24. The lowest BCUT2D eigenvalue weighted by Crippen LogP contribution is -2.42. The smallest absolute Gasteiger partial charge is 0.242 e. The molecule has 1 aliphatic rings. The molecule has 0 radical (unpaired) electrons. The average molecular weight is 475 g/mol. The molecule has 35 heavy (non-hydrogen) atoms. The first-order valence-electron chi connectivity index (χ1n) is 11.0. The Labute approximate surface area is 202 Å². The van der Waals surface area contributed by atoms with Crippen LogP contribution in [0.5, 0.6) is 11.5 Å². The van der Waals surface area contributed by atoms with Gasteiger partial charge in [-0.2, -0.15) is 0 Å². The molecule has 180 valence electrons. The summed E-state index contributed by atoms with van der Waals surface area (Å²) in [7, 11) is 0. The van der Waals surface area contributed by atoms with Crippen molar-refractivity contribution in [1.29, 1.82) is 5.41 Å². The van der Waals surface area contributed by atoms with Crippen LogP contribution in [0.3, 0.4) is 0 Å². The van der Waals surface area contributed by atoms with Gasteiger partial charge in [-0.25, -0.2) is 0 Å². The van der Waals surface area contributed by atoms with Crippen LogP contribution in [0.15, 0.2) is 67.0 Å². The van der Waals surface area contributed by atoms with Crippen molar-refractivity contribution in [1.82, 2.24) is 20.9 Å². The SMILES string of the molecule is N=C(N)c1ccc(CNC(C(=O)NCC(=O)NCc2cccnc2)c2ccc3c(c2)OCO3)cc1. The first-order valence-corrected chi connectivity index (χ1v) is 11.0. The van der Waals surface area contributed by atoms with E-state index >= 15 is 0 Å². The summed E-state index contributed by atoms with van der Waals surface area (Å²) in [6, 6.07) is 15.4. The van der Waals surface area contributed by atoms with Gasteiger partial charge >= 0.3 is 0 Å². The third-order valence-corrected chi connectivity index (χ3v) is 5.40. The Bertz CT molecular complexity index is 1200. The highest BCUT2D eigenvalue weighted by molar-refractivity contribution is 5.94. The van der Waals surface area contributed by atoms with Crippen LogP contribution in [-0.2, 0) is 22.7 Å². The second kappa shape index (κ2) is 11.1. The molecule has 4 rings (SSSR count). The normalized spacial score (nSPS) is 12.6. The van der Waals surface area contributed by atoms with Crippen LogP contribution in [0.2, 0.25) is 0 Å². The van der Waals surface area contributed by atoms with Gasteiger partial charge in [0.15, 0.2) is 11.5 Å². The number of aromatic nitrogens is 1. The second-order valence-corrected chi connectivity index (χ2v) is 7.89. The second-order valence-electron chi connectivity index (χ2n) is 7.89. The van der Waals surface area contributed by atoms with E-state index in [4.69, 9.17) is 20.6 Å². The van der Waals surface area contributed by atoms with Crippen molar-refractivity contribution in [2.24, 2.45) is 5.73 Å². The van der Waals surface area contributed by atoms with Gasteiger partial charge in [-0.05, 0) is 34.9 Å². The maximum Gasteiger partial charge on any atom is 0.242 e. The zero-order valence-corrected chi connectivity index (χ0v) is 18.9. The van der Waals surface area contributed by atoms with Gasteiger partial charge in [-0.1, -0.05) is 36.4 Å². The minimum atomic E-state index is -0.747. The van der Waals surface area contributed by atoms with Crippen molar-refractivity contribution < 1.29 is 19.1 Å². The number of benzene rings is 2. The van der Waals surface area contributed by atoms with Crippen LogP contribution in [-0.4, -0.2) is 36.0 Å². The van der Waals surface area contributed by atoms with Gasteiger partial charge in [0.25, 0.3) is 0 Å². The zero-order chi connectivity index (χ0) is 24.6. The summed E-state index contributed by atoms with van der Waals surface area (Å²) in [5.41, 5.74) is 8.58. The number of nitrogens with zero attached hydrogens (tertiary/aromatic N) is 1. The Kier molecular flexibility index (Phi) is 7.53. The molecule has 1 aliphatic heterocycles. The number of carbonyl (C=O) groups is 2. The molecular weight excluding hydrogens is 448 g/mol. The van der Waals surface area contributed by atoms with Crippen LogP contribution in [0, 0.1) is 5.41 Å². The number of amides is 2. The Morgan fingerprint density at radius 3 is 2.54 bits per heavy atom. The maximum absolute atomic E-state index is 13.1. The molecule has 2 aromatic carbocycles. The third-order valence-electron chi connectivity index (χ3n) is 5.40. The van der Waals surface area contributed by atoms with Gasteiger partial charge in [-0.3, -0.25) is 25.3 Å². The van der Waals surface area contributed by atoms with E-state index in [-0.39, 0.29) is 31.0 Å². The molecular formula is C25H26N6O4. The van der Waals surface area contributed by atoms with E-state index in [0.29, 0.717) is 35.7 Å². The van der Waals surface area contributed by atoms with E-state index in [2.05, 4.69) is 20.9 Å². The van der Waals surface area contributed by atoms with Crippen LogP contribution in [0.1, 0.15) is 28.3 Å². The van der Waals surface area contributed by atoms with Crippen molar-refractivity contribution >= 4 is 17.6 Å². The number of rotatable bonds is 10. The molecule has 0 saturated carbocycles. The molecule has 1 atom stereocenters. The number of hydrogen-bond donors (Lipinski definition) is 5. The summed E-state index contributed by atoms with van der Waals surface area (Å²) in [6.45, 7) is 0.651. The molecule has 0 spiro atoms. The van der Waals surface area contributed by atoms with Gasteiger partial charge in [0.1, 0.15) is 11.9 Å². The van der Waals surface area contributed by atoms with Gasteiger partial charge in [0.05, 0.1) is 6.54 Å². The summed E-state index contributed by atoms with van der Waals surface area (Å²) in [6.07, 6.45) is 3.33. The minimum absolute atomic E-state index is 0.0103. The predicted octanol–water partition coefficient (Wildman–Crippen LogP) is 1.36. The lowest BCUT2D eigenvalue weighted by molar-refractivity contribution is -0.127. The van der Waals surface area contributed by atoms with Gasteiger partial charge in [0.2, 0.25) is 18.6 Å². The summed E-state index contributed by atoms with van der Waals surface area (Å²) in [4.78, 5) is 29.4. The number of carbonyl (C=O) groups excluding carboxylic acids is 2. The number of amidine groups is 1. The molecule has 2 heterocycles. The van der Waals surface area contributed by atoms with Crippen LogP contribution >= 0.6 is 0 Å². The number of nitrogens with one attached hydrogen (secondary N) is 4. The summed E-state index contributed by atoms with van der Waals surface area (Å²) < 4.78 is 10.8. The Balaban J connectivity index is 1.40. The molecule has 1 aromatic heterocycles. The first kappa shape index (κ1) is 23.7. The number of hydrogen-bond acceptors (Lipinski definition) is 7. The number of fused-ring (bicyclic) bond motifs is 1. The molecule has 0 bridgehead atoms. The minimum Gasteiger partial charge on any atom is -0.454 e. The van der Waals surface area contributed by atoms with Crippen LogP contribution < -0.4 is 31.2 Å². The largest absolute Gasteiger partial charge is 0.454 e. The molecule has 6 N–H and O–H groups in total. The van der Waals surface area contributed by atoms with E-state index in [0.717, 1.165) is 11.1 Å². The zero-order valence-electron chi connectivity index (χ0n) is 18.9. The van der Waals surface area contributed by atoms with E-state index in [1.54, 1.807) is 48.8 Å². The Morgan fingerprint density at radius 2 is 1.80 bits per heavy atom. The molecule has 10 heteroatoms. The van der Waals surface area contributed by atoms with Crippen molar-refractivity contribution in [2.75, 3.05) is 13.3 Å². The van der Waals surface area contributed by atoms with E-state index in [1.807, 2.05) is 18.2 Å². The number of pyridine rings is 1. The molecule has 0 saturated heterocycles. The number of nitrogens with two attached hydrogens (primary N) is 1. The van der Waals surface area contributed by atoms with Gasteiger partial charge < -0.3 is 25.8 Å². The van der Waals surface area contributed by atoms with Crippen LogP contribution in [0.4, 0.5) is 0 Å². The summed E-state index contributed by atoms with van der Waals surface area (Å²) in [5.74, 6) is 0.487. The Morgan fingerprint density at radius 1 is 1.00 bits per heavy atom. The quantitative estimate of drug-likeness (QED) is 0.220. The molecule has 10 nitrogen and oxygen atoms in total. The number of ether oxygens (including phenoxy) is 2. The Hall–Kier alpha value is -4.44. The molecule has 0 aliphatic carbocycles. The molecule has 3 aromatic rings. The van der Waals surface area contributed by atoms with Crippen molar-refractivity contribution in [3.05, 3.63) is 89.2 Å². The third kappa shape index (κ3) is 6.33. The topological polar surface area (TPSA) is 151 Å². The summed E-state index contributed by atoms with van der Waals surface area (Å²) >= 11 is 0. The highest BCUT2D eigenvalue weighted by atomic mass is 16.7. The van der Waals surface area contributed by atoms with Crippen molar-refractivity contribution in [3.63, 3.8) is 0 Å². The lowest BCUT2D eigenvalue weighted by atomic mass is 10.0. The maximum atomic E-state index is 13.1. The fourth-order valence-corrected chi connectivity index (χ4v) is 3.51. The van der Waals surface area contributed by atoms with E-state index < -0.39 is 6.04 Å². The first-order chi connectivity index (χ1) is 17.0. The molecule has 0 fully saturated rings. The highest BCUT2D eigenvalue weighted by Crippen LogP contribution is 2.34. The number of nitrogen functional groups attached to an aromatic ring is 1. The fraction of sp³-hybridized carbons (Fsp3) is 0.200. The average Bonchev–Trinajstić information content (AvgIpc) is 3.35. The van der Waals surface area contributed by atoms with Crippen molar-refractivity contribution in [3.8, 4) is 11.5 Å². The predicted molar refractivity (Wildman–Crippen MR) is 129 cm³/mol. The lowest BCUT2D eigenvalue weighted by Gasteiger charge is -2.19. The molecule has 1 unspecified atom stereocenters. The monoisotopic (exact) mass is 474 g/mol. The van der Waals surface area contributed by atoms with Gasteiger partial charge in [0, 0.05) is 31.0 Å². The summed E-state index contributed by atoms with van der Waals surface area (Å²) in [5, 5.41) is 16.2.